The van der Waals surface area contributed by atoms with E-state index in [2.05, 4.69) is 10.3 Å². The SMILES string of the molecule is Cn1ccnc1C1CNCCN1C(=O)C(F)(F)C(F)F. The summed E-state index contributed by atoms with van der Waals surface area (Å²) in [6.07, 6.45) is -0.970. The van der Waals surface area contributed by atoms with E-state index in [1.54, 1.807) is 17.8 Å². The predicted octanol–water partition coefficient (Wildman–Crippen LogP) is 0.793. The number of aromatic nitrogens is 2. The van der Waals surface area contributed by atoms with E-state index < -0.39 is 24.3 Å². The van der Waals surface area contributed by atoms with Gasteiger partial charge in [0.1, 0.15) is 11.9 Å². The van der Waals surface area contributed by atoms with Gasteiger partial charge in [-0.25, -0.2) is 13.8 Å². The quantitative estimate of drug-likeness (QED) is 0.839. The highest BCUT2D eigenvalue weighted by Gasteiger charge is 2.53. The third kappa shape index (κ3) is 2.49. The molecule has 1 saturated heterocycles. The Hall–Kier alpha value is -1.64. The van der Waals surface area contributed by atoms with Gasteiger partial charge in [0.05, 0.1) is 0 Å². The van der Waals surface area contributed by atoms with Crippen LogP contribution in [0.5, 0.6) is 0 Å². The van der Waals surface area contributed by atoms with Crippen LogP contribution in [-0.2, 0) is 11.8 Å². The van der Waals surface area contributed by atoms with Crippen LogP contribution in [0.2, 0.25) is 0 Å². The molecule has 1 fully saturated rings. The van der Waals surface area contributed by atoms with Crippen molar-refractivity contribution in [3.05, 3.63) is 18.2 Å². The van der Waals surface area contributed by atoms with Crippen LogP contribution in [0, 0.1) is 0 Å². The Bertz CT molecular complexity index is 491. The summed E-state index contributed by atoms with van der Waals surface area (Å²) in [7, 11) is 1.64. The van der Waals surface area contributed by atoms with Crippen LogP contribution in [0.25, 0.3) is 0 Å². The average Bonchev–Trinajstić information content (AvgIpc) is 2.83. The van der Waals surface area contributed by atoms with Crippen molar-refractivity contribution in [2.24, 2.45) is 7.05 Å². The van der Waals surface area contributed by atoms with E-state index in [-0.39, 0.29) is 19.6 Å². The normalized spacial score (nSPS) is 20.5. The van der Waals surface area contributed by atoms with Crippen LogP contribution in [0.1, 0.15) is 11.9 Å². The third-order valence-electron chi connectivity index (χ3n) is 3.22. The Kier molecular flexibility index (Phi) is 3.98. The first kappa shape index (κ1) is 14.8. The first-order valence-electron chi connectivity index (χ1n) is 6.00. The maximum Gasteiger partial charge on any atom is 0.383 e. The maximum absolute atomic E-state index is 13.3. The van der Waals surface area contributed by atoms with Gasteiger partial charge in [-0.3, -0.25) is 4.79 Å². The molecule has 1 aromatic rings. The summed E-state index contributed by atoms with van der Waals surface area (Å²) in [6.45, 7) is 0.389. The number of nitrogens with one attached hydrogen (secondary N) is 1. The predicted molar refractivity (Wildman–Crippen MR) is 61.5 cm³/mol. The van der Waals surface area contributed by atoms with E-state index in [0.717, 1.165) is 4.90 Å². The third-order valence-corrected chi connectivity index (χ3v) is 3.22. The number of hydrogen-bond donors (Lipinski definition) is 1. The zero-order chi connectivity index (χ0) is 14.9. The molecule has 5 nitrogen and oxygen atoms in total. The number of rotatable bonds is 3. The van der Waals surface area contributed by atoms with Gasteiger partial charge < -0.3 is 14.8 Å². The monoisotopic (exact) mass is 294 g/mol. The van der Waals surface area contributed by atoms with Crippen molar-refractivity contribution < 1.29 is 22.4 Å². The molecule has 1 atom stereocenters. The zero-order valence-electron chi connectivity index (χ0n) is 10.7. The standard InChI is InChI=1S/C11H14F4N4O/c1-18-4-3-17-8(18)7-6-16-2-5-19(7)10(20)11(14,15)9(12)13/h3-4,7,9,16H,2,5-6H2,1H3. The van der Waals surface area contributed by atoms with Crippen molar-refractivity contribution in [1.82, 2.24) is 19.8 Å². The Morgan fingerprint density at radius 2 is 2.25 bits per heavy atom. The molecule has 0 saturated carbocycles. The summed E-state index contributed by atoms with van der Waals surface area (Å²) in [5.74, 6) is -6.17. The lowest BCUT2D eigenvalue weighted by atomic mass is 10.1. The van der Waals surface area contributed by atoms with Crippen LogP contribution < -0.4 is 5.32 Å². The molecule has 2 heterocycles. The highest BCUT2D eigenvalue weighted by Crippen LogP contribution is 2.30. The summed E-state index contributed by atoms with van der Waals surface area (Å²) in [5, 5.41) is 2.94. The van der Waals surface area contributed by atoms with Gasteiger partial charge in [0.15, 0.2) is 0 Å². The highest BCUT2D eigenvalue weighted by atomic mass is 19.3. The fourth-order valence-electron chi connectivity index (χ4n) is 2.16. The van der Waals surface area contributed by atoms with Crippen molar-refractivity contribution in [2.75, 3.05) is 19.6 Å². The summed E-state index contributed by atoms with van der Waals surface area (Å²) >= 11 is 0. The number of carbonyl (C=O) groups is 1. The summed E-state index contributed by atoms with van der Waals surface area (Å²) in [4.78, 5) is 16.5. The molecule has 20 heavy (non-hydrogen) atoms. The molecule has 0 aliphatic carbocycles. The van der Waals surface area contributed by atoms with Crippen molar-refractivity contribution in [3.63, 3.8) is 0 Å². The molecule has 2 rings (SSSR count). The minimum Gasteiger partial charge on any atom is -0.336 e. The number of aryl methyl sites for hydroxylation is 1. The molecule has 112 valence electrons. The van der Waals surface area contributed by atoms with Crippen molar-refractivity contribution >= 4 is 5.91 Å². The number of alkyl halides is 4. The fraction of sp³-hybridized carbons (Fsp3) is 0.636. The lowest BCUT2D eigenvalue weighted by molar-refractivity contribution is -0.184. The van der Waals surface area contributed by atoms with Gasteiger partial charge in [-0.15, -0.1) is 0 Å². The van der Waals surface area contributed by atoms with Gasteiger partial charge in [-0.05, 0) is 0 Å². The van der Waals surface area contributed by atoms with E-state index in [1.807, 2.05) is 0 Å². The van der Waals surface area contributed by atoms with Gasteiger partial charge >= 0.3 is 12.3 Å². The second-order valence-electron chi connectivity index (χ2n) is 4.54. The minimum absolute atomic E-state index is 0.0708. The molecule has 1 unspecified atom stereocenters. The van der Waals surface area contributed by atoms with Gasteiger partial charge in [0.25, 0.3) is 5.91 Å². The van der Waals surface area contributed by atoms with Crippen LogP contribution in [0.15, 0.2) is 12.4 Å². The minimum atomic E-state index is -4.68. The van der Waals surface area contributed by atoms with E-state index in [9.17, 15) is 22.4 Å². The molecular formula is C11H14F4N4O. The molecule has 9 heteroatoms. The highest BCUT2D eigenvalue weighted by molar-refractivity contribution is 5.84. The molecule has 1 amide bonds. The number of hydrogen-bond acceptors (Lipinski definition) is 3. The van der Waals surface area contributed by atoms with Crippen LogP contribution in [0.4, 0.5) is 17.6 Å². The topological polar surface area (TPSA) is 50.2 Å². The largest absolute Gasteiger partial charge is 0.383 e. The second kappa shape index (κ2) is 5.39. The van der Waals surface area contributed by atoms with Gasteiger partial charge in [-0.1, -0.05) is 0 Å². The fourth-order valence-corrected chi connectivity index (χ4v) is 2.16. The lowest BCUT2D eigenvalue weighted by Crippen LogP contribution is -2.55. The molecular weight excluding hydrogens is 280 g/mol. The molecule has 0 aromatic carbocycles. The van der Waals surface area contributed by atoms with Crippen LogP contribution in [0.3, 0.4) is 0 Å². The first-order valence-corrected chi connectivity index (χ1v) is 6.00. The molecule has 0 spiro atoms. The Balaban J connectivity index is 2.28. The average molecular weight is 294 g/mol. The van der Waals surface area contributed by atoms with Crippen LogP contribution >= 0.6 is 0 Å². The van der Waals surface area contributed by atoms with Crippen LogP contribution in [-0.4, -0.2) is 52.3 Å². The molecule has 1 aromatic heterocycles. The second-order valence-corrected chi connectivity index (χ2v) is 4.54. The summed E-state index contributed by atoms with van der Waals surface area (Å²) in [6, 6.07) is -0.791. The number of piperazine rings is 1. The summed E-state index contributed by atoms with van der Waals surface area (Å²) in [5.41, 5.74) is 0. The van der Waals surface area contributed by atoms with Gasteiger partial charge in [-0.2, -0.15) is 8.78 Å². The van der Waals surface area contributed by atoms with E-state index in [1.165, 1.54) is 6.20 Å². The van der Waals surface area contributed by atoms with E-state index >= 15 is 0 Å². The molecule has 0 radical (unpaired) electrons. The number of nitrogens with zero attached hydrogens (tertiary/aromatic N) is 3. The van der Waals surface area contributed by atoms with Crippen molar-refractivity contribution in [2.45, 2.75) is 18.4 Å². The Labute approximate surface area is 112 Å². The number of amides is 1. The first-order chi connectivity index (χ1) is 9.35. The Morgan fingerprint density at radius 1 is 1.55 bits per heavy atom. The van der Waals surface area contributed by atoms with Crippen molar-refractivity contribution in [3.8, 4) is 0 Å². The number of carbonyl (C=O) groups excluding carboxylic acids is 1. The maximum atomic E-state index is 13.3. The van der Waals surface area contributed by atoms with Gasteiger partial charge in [0.2, 0.25) is 0 Å². The lowest BCUT2D eigenvalue weighted by Gasteiger charge is -2.37. The summed E-state index contributed by atoms with van der Waals surface area (Å²) < 4.78 is 52.7. The molecule has 1 aliphatic heterocycles. The van der Waals surface area contributed by atoms with Crippen molar-refractivity contribution in [1.29, 1.82) is 0 Å². The number of imidazole rings is 1. The van der Waals surface area contributed by atoms with Gasteiger partial charge in [0, 0.05) is 39.1 Å². The zero-order valence-corrected chi connectivity index (χ0v) is 10.7. The van der Waals surface area contributed by atoms with E-state index in [0.29, 0.717) is 5.82 Å². The molecule has 0 bridgehead atoms. The Morgan fingerprint density at radius 3 is 2.80 bits per heavy atom. The smallest absolute Gasteiger partial charge is 0.336 e. The van der Waals surface area contributed by atoms with E-state index in [4.69, 9.17) is 0 Å². The number of halogens is 4. The molecule has 1 N–H and O–H groups in total. The molecule has 1 aliphatic rings.